The van der Waals surface area contributed by atoms with E-state index in [9.17, 15) is 18.0 Å². The number of hydrogen-bond donors (Lipinski definition) is 1. The highest BCUT2D eigenvalue weighted by Gasteiger charge is 2.35. The first-order chi connectivity index (χ1) is 17.3. The van der Waals surface area contributed by atoms with Crippen molar-refractivity contribution in [2.75, 3.05) is 13.1 Å². The number of amides is 2. The number of nitrogens with one attached hydrogen (secondary N) is 1. The molecular formula is C26H33N5O5S. The molecule has 0 aliphatic carbocycles. The van der Waals surface area contributed by atoms with Crippen LogP contribution in [0.15, 0.2) is 47.6 Å². The molecule has 2 atom stereocenters. The van der Waals surface area contributed by atoms with Gasteiger partial charge in [-0.3, -0.25) is 4.79 Å². The molecular weight excluding hydrogens is 494 g/mol. The molecule has 0 radical (unpaired) electrons. The Bertz CT molecular complexity index is 1410. The maximum atomic E-state index is 13.1. The van der Waals surface area contributed by atoms with Crippen LogP contribution in [-0.2, 0) is 26.1 Å². The third-order valence-electron chi connectivity index (χ3n) is 6.37. The van der Waals surface area contributed by atoms with Gasteiger partial charge < -0.3 is 15.0 Å². The lowest BCUT2D eigenvalue weighted by Crippen LogP contribution is -2.49. The van der Waals surface area contributed by atoms with E-state index in [1.807, 2.05) is 34.6 Å². The summed E-state index contributed by atoms with van der Waals surface area (Å²) >= 11 is 0. The number of fused-ring (bicyclic) bond motifs is 1. The standard InChI is InChI=1S/C26H33N5O5S/c1-17-6-8-20(9-7-17)37(34,35)31-13-11-22-23(31)27-14-19(29-22)15-28-24(32)21-16-30(12-10-18(21)2)25(33)36-26(3,4)5/h6-9,11,13-14,18,21H,10,12,15-16H2,1-5H3,(H,28,32)/t18?,21-/m0/s1. The molecule has 3 heterocycles. The van der Waals surface area contributed by atoms with Gasteiger partial charge in [0.05, 0.1) is 29.2 Å². The lowest BCUT2D eigenvalue weighted by Gasteiger charge is -2.36. The summed E-state index contributed by atoms with van der Waals surface area (Å²) in [5.41, 5.74) is 1.48. The van der Waals surface area contributed by atoms with E-state index in [0.29, 0.717) is 24.2 Å². The van der Waals surface area contributed by atoms with Crippen LogP contribution in [-0.4, -0.2) is 57.9 Å². The molecule has 0 saturated carbocycles. The van der Waals surface area contributed by atoms with E-state index < -0.39 is 21.7 Å². The lowest BCUT2D eigenvalue weighted by molar-refractivity contribution is -0.128. The molecule has 1 unspecified atom stereocenters. The summed E-state index contributed by atoms with van der Waals surface area (Å²) in [5, 5.41) is 2.89. The molecule has 2 aromatic heterocycles. The number of likely N-dealkylation sites (tertiary alicyclic amines) is 1. The zero-order valence-corrected chi connectivity index (χ0v) is 22.6. The number of piperidine rings is 1. The van der Waals surface area contributed by atoms with Crippen molar-refractivity contribution in [2.45, 2.75) is 58.1 Å². The maximum absolute atomic E-state index is 13.1. The van der Waals surface area contributed by atoms with Gasteiger partial charge >= 0.3 is 6.09 Å². The highest BCUT2D eigenvalue weighted by molar-refractivity contribution is 7.90. The second kappa shape index (κ2) is 10.1. The van der Waals surface area contributed by atoms with Crippen LogP contribution in [0.1, 0.15) is 45.4 Å². The Morgan fingerprint density at radius 3 is 2.54 bits per heavy atom. The van der Waals surface area contributed by atoms with Crippen molar-refractivity contribution < 1.29 is 22.7 Å². The van der Waals surface area contributed by atoms with Gasteiger partial charge in [-0.25, -0.2) is 27.2 Å². The molecule has 0 bridgehead atoms. The summed E-state index contributed by atoms with van der Waals surface area (Å²) < 4.78 is 32.7. The number of aryl methyl sites for hydroxylation is 1. The van der Waals surface area contributed by atoms with Gasteiger partial charge in [0.1, 0.15) is 11.1 Å². The molecule has 1 fully saturated rings. The third kappa shape index (κ3) is 5.93. The summed E-state index contributed by atoms with van der Waals surface area (Å²) in [6.07, 6.45) is 3.17. The van der Waals surface area contributed by atoms with E-state index in [1.165, 1.54) is 12.4 Å². The van der Waals surface area contributed by atoms with E-state index in [-0.39, 0.29) is 41.4 Å². The summed E-state index contributed by atoms with van der Waals surface area (Å²) in [6, 6.07) is 8.19. The minimum Gasteiger partial charge on any atom is -0.444 e. The number of carbonyl (C=O) groups is 2. The van der Waals surface area contributed by atoms with Crippen LogP contribution in [0.3, 0.4) is 0 Å². The van der Waals surface area contributed by atoms with E-state index in [4.69, 9.17) is 4.74 Å². The first-order valence-corrected chi connectivity index (χ1v) is 13.7. The average Bonchev–Trinajstić information content (AvgIpc) is 3.26. The van der Waals surface area contributed by atoms with E-state index >= 15 is 0 Å². The molecule has 3 aromatic rings. The molecule has 10 nitrogen and oxygen atoms in total. The fourth-order valence-electron chi connectivity index (χ4n) is 4.24. The number of benzene rings is 1. The third-order valence-corrected chi connectivity index (χ3v) is 8.05. The van der Waals surface area contributed by atoms with Crippen molar-refractivity contribution in [1.29, 1.82) is 0 Å². The van der Waals surface area contributed by atoms with Crippen molar-refractivity contribution in [3.63, 3.8) is 0 Å². The number of rotatable bonds is 5. The van der Waals surface area contributed by atoms with Crippen LogP contribution >= 0.6 is 0 Å². The van der Waals surface area contributed by atoms with Crippen molar-refractivity contribution in [1.82, 2.24) is 24.2 Å². The van der Waals surface area contributed by atoms with Crippen LogP contribution in [0.5, 0.6) is 0 Å². The van der Waals surface area contributed by atoms with Gasteiger partial charge in [-0.05, 0) is 58.2 Å². The van der Waals surface area contributed by atoms with E-state index in [0.717, 1.165) is 9.54 Å². The van der Waals surface area contributed by atoms with Crippen molar-refractivity contribution in [3.05, 3.63) is 54.0 Å². The van der Waals surface area contributed by atoms with Gasteiger partial charge in [0.25, 0.3) is 10.0 Å². The second-order valence-electron chi connectivity index (χ2n) is 10.5. The molecule has 1 N–H and O–H groups in total. The first-order valence-electron chi connectivity index (χ1n) is 12.3. The van der Waals surface area contributed by atoms with Crippen molar-refractivity contribution >= 4 is 33.2 Å². The Morgan fingerprint density at radius 1 is 1.16 bits per heavy atom. The van der Waals surface area contributed by atoms with Gasteiger partial charge in [0, 0.05) is 19.3 Å². The quantitative estimate of drug-likeness (QED) is 0.539. The topological polar surface area (TPSA) is 123 Å². The first kappa shape index (κ1) is 26.6. The Hall–Kier alpha value is -3.47. The maximum Gasteiger partial charge on any atom is 0.410 e. The van der Waals surface area contributed by atoms with Gasteiger partial charge in [-0.1, -0.05) is 24.6 Å². The van der Waals surface area contributed by atoms with Gasteiger partial charge in [0.15, 0.2) is 5.65 Å². The number of nitrogens with zero attached hydrogens (tertiary/aromatic N) is 4. The minimum atomic E-state index is -3.82. The zero-order chi connectivity index (χ0) is 27.0. The Balaban J connectivity index is 1.44. The smallest absolute Gasteiger partial charge is 0.410 e. The minimum absolute atomic E-state index is 0.105. The highest BCUT2D eigenvalue weighted by atomic mass is 32.2. The molecule has 198 valence electrons. The molecule has 2 amide bonds. The van der Waals surface area contributed by atoms with E-state index in [1.54, 1.807) is 35.2 Å². The Kier molecular flexibility index (Phi) is 7.27. The molecule has 1 aliphatic rings. The summed E-state index contributed by atoms with van der Waals surface area (Å²) in [6.45, 7) is 10.3. The predicted octanol–water partition coefficient (Wildman–Crippen LogP) is 3.49. The second-order valence-corrected chi connectivity index (χ2v) is 12.3. The number of hydrogen-bond acceptors (Lipinski definition) is 7. The highest BCUT2D eigenvalue weighted by Crippen LogP contribution is 2.25. The summed E-state index contributed by atoms with van der Waals surface area (Å²) in [5.74, 6) is -0.450. The number of carbonyl (C=O) groups excluding carboxylic acids is 2. The molecule has 1 aliphatic heterocycles. The van der Waals surface area contributed by atoms with Crippen LogP contribution in [0.25, 0.3) is 11.2 Å². The molecule has 11 heteroatoms. The molecule has 37 heavy (non-hydrogen) atoms. The number of ether oxygens (including phenoxy) is 1. The normalized spacial score (nSPS) is 18.6. The zero-order valence-electron chi connectivity index (χ0n) is 21.8. The Morgan fingerprint density at radius 2 is 1.86 bits per heavy atom. The lowest BCUT2D eigenvalue weighted by atomic mass is 9.86. The number of aromatic nitrogens is 3. The fraction of sp³-hybridized carbons (Fsp3) is 0.462. The summed E-state index contributed by atoms with van der Waals surface area (Å²) in [4.78, 5) is 36.0. The van der Waals surface area contributed by atoms with Crippen LogP contribution in [0.2, 0.25) is 0 Å². The molecule has 4 rings (SSSR count). The molecule has 1 aromatic carbocycles. The molecule has 1 saturated heterocycles. The van der Waals surface area contributed by atoms with Crippen LogP contribution in [0, 0.1) is 18.8 Å². The largest absolute Gasteiger partial charge is 0.444 e. The van der Waals surface area contributed by atoms with Gasteiger partial charge in [-0.15, -0.1) is 0 Å². The summed E-state index contributed by atoms with van der Waals surface area (Å²) in [7, 11) is -3.82. The van der Waals surface area contributed by atoms with Crippen LogP contribution in [0.4, 0.5) is 4.79 Å². The van der Waals surface area contributed by atoms with Gasteiger partial charge in [0.2, 0.25) is 5.91 Å². The SMILES string of the molecule is Cc1ccc(S(=O)(=O)n2ccc3nc(CNC(=O)[C@H]4CN(C(=O)OC(C)(C)C)CCC4C)cnc32)cc1. The van der Waals surface area contributed by atoms with Crippen molar-refractivity contribution in [2.24, 2.45) is 11.8 Å². The monoisotopic (exact) mass is 527 g/mol. The van der Waals surface area contributed by atoms with E-state index in [2.05, 4.69) is 15.3 Å². The average molecular weight is 528 g/mol. The van der Waals surface area contributed by atoms with Gasteiger partial charge in [-0.2, -0.15) is 0 Å². The Labute approximate surface area is 217 Å². The van der Waals surface area contributed by atoms with Crippen molar-refractivity contribution in [3.8, 4) is 0 Å². The molecule has 0 spiro atoms. The fourth-order valence-corrected chi connectivity index (χ4v) is 5.54. The predicted molar refractivity (Wildman–Crippen MR) is 138 cm³/mol. The van der Waals surface area contributed by atoms with Crippen LogP contribution < -0.4 is 5.32 Å².